The Kier molecular flexibility index (Phi) is 6.07. The van der Waals surface area contributed by atoms with Gasteiger partial charge in [-0.05, 0) is 26.7 Å². The number of aliphatic hydroxyl groups is 1. The summed E-state index contributed by atoms with van der Waals surface area (Å²) >= 11 is 0. The second kappa shape index (κ2) is 7.08. The van der Waals surface area contributed by atoms with Crippen LogP contribution < -0.4 is 4.90 Å². The molecule has 1 aliphatic heterocycles. The first kappa shape index (κ1) is 13.7. The van der Waals surface area contributed by atoms with Crippen molar-refractivity contribution in [3.63, 3.8) is 0 Å². The van der Waals surface area contributed by atoms with Crippen LogP contribution in [-0.4, -0.2) is 30.8 Å². The average Bonchev–Trinajstić information content (AvgIpc) is 2.21. The van der Waals surface area contributed by atoms with Crippen LogP contribution in [0.3, 0.4) is 0 Å². The van der Waals surface area contributed by atoms with Crippen molar-refractivity contribution < 1.29 is 10.0 Å². The maximum absolute atomic E-state index is 9.44. The molecule has 0 bridgehead atoms. The molecule has 1 saturated heterocycles. The van der Waals surface area contributed by atoms with Gasteiger partial charge in [-0.3, -0.25) is 0 Å². The van der Waals surface area contributed by atoms with Crippen molar-refractivity contribution in [2.24, 2.45) is 5.92 Å². The van der Waals surface area contributed by atoms with E-state index in [2.05, 4.69) is 26.8 Å². The molecule has 0 spiro atoms. The fraction of sp³-hybridized carbons (Fsp3) is 0.857. The number of rotatable bonds is 5. The fourth-order valence-corrected chi connectivity index (χ4v) is 2.47. The Balaban J connectivity index is 2.14. The molecule has 0 saturated carbocycles. The second-order valence-electron chi connectivity index (χ2n) is 5.65. The van der Waals surface area contributed by atoms with Gasteiger partial charge in [0.05, 0.1) is 25.7 Å². The summed E-state index contributed by atoms with van der Waals surface area (Å²) in [7, 11) is 0. The maximum Gasteiger partial charge on any atom is 0.0796 e. The summed E-state index contributed by atoms with van der Waals surface area (Å²) in [6.07, 6.45) is 6.83. The largest absolute Gasteiger partial charge is 0.393 e. The average molecular weight is 226 g/mol. The highest BCUT2D eigenvalue weighted by Crippen LogP contribution is 2.06. The van der Waals surface area contributed by atoms with E-state index >= 15 is 0 Å². The predicted molar refractivity (Wildman–Crippen MR) is 68.6 cm³/mol. The molecule has 94 valence electrons. The van der Waals surface area contributed by atoms with E-state index in [-0.39, 0.29) is 6.10 Å². The molecule has 16 heavy (non-hydrogen) atoms. The van der Waals surface area contributed by atoms with Crippen LogP contribution in [-0.2, 0) is 0 Å². The molecule has 2 heteroatoms. The number of hydrogen-bond acceptors (Lipinski definition) is 1. The highest BCUT2D eigenvalue weighted by atomic mass is 16.3. The SMILES string of the molecule is CC(C)=CCC[C@@H](C)C[NH+]1CCC(O)CC1. The summed E-state index contributed by atoms with van der Waals surface area (Å²) in [6.45, 7) is 10.3. The minimum atomic E-state index is -0.0234. The third kappa shape index (κ3) is 5.66. The Morgan fingerprint density at radius 3 is 2.56 bits per heavy atom. The number of hydrogen-bond donors (Lipinski definition) is 2. The lowest BCUT2D eigenvalue weighted by molar-refractivity contribution is -0.909. The minimum absolute atomic E-state index is 0.0234. The van der Waals surface area contributed by atoms with Crippen LogP contribution in [0.1, 0.15) is 46.5 Å². The van der Waals surface area contributed by atoms with Crippen molar-refractivity contribution in [1.29, 1.82) is 0 Å². The Morgan fingerprint density at radius 2 is 2.00 bits per heavy atom. The van der Waals surface area contributed by atoms with Crippen molar-refractivity contribution in [1.82, 2.24) is 0 Å². The van der Waals surface area contributed by atoms with E-state index in [4.69, 9.17) is 0 Å². The summed E-state index contributed by atoms with van der Waals surface area (Å²) in [5.41, 5.74) is 1.43. The number of nitrogens with one attached hydrogen (secondary N) is 1. The lowest BCUT2D eigenvalue weighted by atomic mass is 10.0. The molecule has 1 aliphatic rings. The van der Waals surface area contributed by atoms with E-state index in [0.717, 1.165) is 31.8 Å². The first-order valence-corrected chi connectivity index (χ1v) is 6.73. The first-order valence-electron chi connectivity index (χ1n) is 6.73. The van der Waals surface area contributed by atoms with Crippen LogP contribution in [0.2, 0.25) is 0 Å². The Bertz CT molecular complexity index is 213. The summed E-state index contributed by atoms with van der Waals surface area (Å²) in [4.78, 5) is 1.69. The predicted octanol–water partition coefficient (Wildman–Crippen LogP) is 1.41. The molecule has 2 nitrogen and oxygen atoms in total. The molecule has 1 fully saturated rings. The van der Waals surface area contributed by atoms with E-state index in [1.54, 1.807) is 4.90 Å². The van der Waals surface area contributed by atoms with Crippen LogP contribution in [0.15, 0.2) is 11.6 Å². The fourth-order valence-electron chi connectivity index (χ4n) is 2.47. The second-order valence-corrected chi connectivity index (χ2v) is 5.65. The van der Waals surface area contributed by atoms with E-state index in [9.17, 15) is 5.11 Å². The molecule has 0 aromatic carbocycles. The van der Waals surface area contributed by atoms with Crippen LogP contribution in [0.5, 0.6) is 0 Å². The number of quaternary nitrogens is 1. The third-order valence-electron chi connectivity index (χ3n) is 3.51. The number of likely N-dealkylation sites (tertiary alicyclic amines) is 1. The van der Waals surface area contributed by atoms with Gasteiger partial charge in [-0.2, -0.15) is 0 Å². The van der Waals surface area contributed by atoms with Gasteiger partial charge >= 0.3 is 0 Å². The van der Waals surface area contributed by atoms with Gasteiger partial charge in [-0.25, -0.2) is 0 Å². The number of aliphatic hydroxyl groups excluding tert-OH is 1. The smallest absolute Gasteiger partial charge is 0.0796 e. The zero-order chi connectivity index (χ0) is 12.0. The summed E-state index contributed by atoms with van der Waals surface area (Å²) < 4.78 is 0. The van der Waals surface area contributed by atoms with E-state index in [0.29, 0.717) is 0 Å². The maximum atomic E-state index is 9.44. The van der Waals surface area contributed by atoms with Gasteiger partial charge < -0.3 is 10.0 Å². The van der Waals surface area contributed by atoms with Crippen molar-refractivity contribution in [3.8, 4) is 0 Å². The third-order valence-corrected chi connectivity index (χ3v) is 3.51. The summed E-state index contributed by atoms with van der Waals surface area (Å²) in [5, 5.41) is 9.44. The van der Waals surface area contributed by atoms with Gasteiger partial charge in [0.1, 0.15) is 0 Å². The number of allylic oxidation sites excluding steroid dienone is 2. The normalized spacial score (nSPS) is 27.5. The van der Waals surface area contributed by atoms with Gasteiger partial charge in [0.15, 0.2) is 0 Å². The zero-order valence-electron chi connectivity index (χ0n) is 11.1. The lowest BCUT2D eigenvalue weighted by Crippen LogP contribution is -3.13. The molecule has 0 amide bonds. The van der Waals surface area contributed by atoms with Crippen molar-refractivity contribution in [2.45, 2.75) is 52.6 Å². The van der Waals surface area contributed by atoms with E-state index in [1.165, 1.54) is 25.0 Å². The van der Waals surface area contributed by atoms with Crippen molar-refractivity contribution >= 4 is 0 Å². The van der Waals surface area contributed by atoms with E-state index < -0.39 is 0 Å². The molecule has 0 radical (unpaired) electrons. The summed E-state index contributed by atoms with van der Waals surface area (Å²) in [5.74, 6) is 0.806. The standard InChI is InChI=1S/C14H27NO/c1-12(2)5-4-6-13(3)11-15-9-7-14(16)8-10-15/h5,13-14,16H,4,6-11H2,1-3H3/p+1/t13-/m1/s1. The molecule has 1 atom stereocenters. The summed E-state index contributed by atoms with van der Waals surface area (Å²) in [6, 6.07) is 0. The van der Waals surface area contributed by atoms with Gasteiger partial charge in [0, 0.05) is 18.8 Å². The Morgan fingerprint density at radius 1 is 1.38 bits per heavy atom. The molecule has 0 aliphatic carbocycles. The highest BCUT2D eigenvalue weighted by molar-refractivity contribution is 4.92. The van der Waals surface area contributed by atoms with Gasteiger partial charge in [-0.1, -0.05) is 18.6 Å². The molecule has 0 aromatic heterocycles. The van der Waals surface area contributed by atoms with Gasteiger partial charge in [0.2, 0.25) is 0 Å². The number of piperidine rings is 1. The highest BCUT2D eigenvalue weighted by Gasteiger charge is 2.21. The quantitative estimate of drug-likeness (QED) is 0.681. The monoisotopic (exact) mass is 226 g/mol. The van der Waals surface area contributed by atoms with Crippen LogP contribution >= 0.6 is 0 Å². The zero-order valence-corrected chi connectivity index (χ0v) is 11.1. The Labute approximate surface area is 100 Å². The van der Waals surface area contributed by atoms with Crippen LogP contribution in [0.4, 0.5) is 0 Å². The molecule has 0 aromatic rings. The molecule has 1 heterocycles. The molecule has 1 rings (SSSR count). The topological polar surface area (TPSA) is 24.7 Å². The molecule has 2 N–H and O–H groups in total. The van der Waals surface area contributed by atoms with Crippen molar-refractivity contribution in [2.75, 3.05) is 19.6 Å². The Hall–Kier alpha value is -0.340. The van der Waals surface area contributed by atoms with Crippen LogP contribution in [0.25, 0.3) is 0 Å². The molecule has 0 unspecified atom stereocenters. The first-order chi connectivity index (χ1) is 7.58. The van der Waals surface area contributed by atoms with E-state index in [1.807, 2.05) is 0 Å². The molecular weight excluding hydrogens is 198 g/mol. The van der Waals surface area contributed by atoms with Crippen LogP contribution in [0, 0.1) is 5.92 Å². The minimum Gasteiger partial charge on any atom is -0.393 e. The van der Waals surface area contributed by atoms with Crippen molar-refractivity contribution in [3.05, 3.63) is 11.6 Å². The lowest BCUT2D eigenvalue weighted by Gasteiger charge is -2.28. The van der Waals surface area contributed by atoms with Gasteiger partial charge in [0.25, 0.3) is 0 Å². The van der Waals surface area contributed by atoms with Gasteiger partial charge in [-0.15, -0.1) is 0 Å². The molecular formula is C14H28NO+.